The number of carboxylic acids is 1. The van der Waals surface area contributed by atoms with E-state index in [0.29, 0.717) is 17.3 Å². The van der Waals surface area contributed by atoms with Crippen molar-refractivity contribution in [2.75, 3.05) is 26.9 Å². The number of methoxy groups -OCH3 is 1. The molecule has 0 atom stereocenters. The van der Waals surface area contributed by atoms with Crippen molar-refractivity contribution >= 4 is 40.9 Å². The van der Waals surface area contributed by atoms with Gasteiger partial charge in [0.2, 0.25) is 0 Å². The van der Waals surface area contributed by atoms with Crippen LogP contribution in [0.25, 0.3) is 6.08 Å². The van der Waals surface area contributed by atoms with Crippen LogP contribution < -0.4 is 14.6 Å². The van der Waals surface area contributed by atoms with E-state index in [1.807, 2.05) is 0 Å². The van der Waals surface area contributed by atoms with Crippen LogP contribution in [0.5, 0.6) is 11.5 Å². The van der Waals surface area contributed by atoms with Gasteiger partial charge in [-0.05, 0) is 42.5 Å². The molecule has 9 nitrogen and oxygen atoms in total. The predicted molar refractivity (Wildman–Crippen MR) is 92.8 cm³/mol. The Balaban J connectivity index is 2.18. The molecule has 1 aromatic carbocycles. The van der Waals surface area contributed by atoms with Crippen LogP contribution in [0, 0.1) is 0 Å². The molecule has 1 fully saturated rings. The maximum Gasteiger partial charge on any atom is 0.326 e. The Labute approximate surface area is 158 Å². The average molecular weight is 394 g/mol. The van der Waals surface area contributed by atoms with E-state index in [2.05, 4.69) is 0 Å². The van der Waals surface area contributed by atoms with Crippen molar-refractivity contribution in [3.05, 3.63) is 28.7 Å². The summed E-state index contributed by atoms with van der Waals surface area (Å²) < 4.78 is 14.9. The second-order valence-electron chi connectivity index (χ2n) is 5.14. The lowest BCUT2D eigenvalue weighted by Gasteiger charge is -2.12. The first-order chi connectivity index (χ1) is 12.8. The zero-order valence-electron chi connectivity index (χ0n) is 14.6. The Hall–Kier alpha value is -3.01. The number of rotatable bonds is 8. The van der Waals surface area contributed by atoms with Crippen LogP contribution in [0.1, 0.15) is 12.5 Å². The van der Waals surface area contributed by atoms with Gasteiger partial charge < -0.3 is 24.1 Å². The average Bonchev–Trinajstić information content (AvgIpc) is 2.88. The molecular formula is C17H16NO8S-. The first kappa shape index (κ1) is 20.3. The number of carbonyl (C=O) groups is 4. The number of imide groups is 1. The highest BCUT2D eigenvalue weighted by Crippen LogP contribution is 2.34. The van der Waals surface area contributed by atoms with Crippen LogP contribution in [0.3, 0.4) is 0 Å². The minimum Gasteiger partial charge on any atom is -0.546 e. The van der Waals surface area contributed by atoms with Crippen LogP contribution in [-0.4, -0.2) is 54.9 Å². The summed E-state index contributed by atoms with van der Waals surface area (Å²) in [6, 6.07) is 4.55. The summed E-state index contributed by atoms with van der Waals surface area (Å²) in [6.45, 7) is 0.689. The lowest BCUT2D eigenvalue weighted by Crippen LogP contribution is -2.34. The van der Waals surface area contributed by atoms with E-state index < -0.39 is 36.2 Å². The summed E-state index contributed by atoms with van der Waals surface area (Å²) >= 11 is 0.701. The summed E-state index contributed by atoms with van der Waals surface area (Å²) in [6.07, 6.45) is 1.46. The van der Waals surface area contributed by atoms with E-state index in [1.165, 1.54) is 25.3 Å². The maximum atomic E-state index is 12.3. The lowest BCUT2D eigenvalue weighted by atomic mass is 10.2. The predicted octanol–water partition coefficient (Wildman–Crippen LogP) is 0.423. The molecule has 1 aromatic rings. The fourth-order valence-electron chi connectivity index (χ4n) is 2.15. The van der Waals surface area contributed by atoms with E-state index in [4.69, 9.17) is 14.2 Å². The van der Waals surface area contributed by atoms with Gasteiger partial charge >= 0.3 is 5.97 Å². The number of hydrogen-bond acceptors (Lipinski definition) is 9. The van der Waals surface area contributed by atoms with Crippen molar-refractivity contribution < 1.29 is 38.5 Å². The largest absolute Gasteiger partial charge is 0.546 e. The molecule has 0 aromatic heterocycles. The maximum absolute atomic E-state index is 12.3. The van der Waals surface area contributed by atoms with Gasteiger partial charge in [0.15, 0.2) is 11.5 Å². The summed E-state index contributed by atoms with van der Waals surface area (Å²) in [5.74, 6) is -2.21. The monoisotopic (exact) mass is 394 g/mol. The summed E-state index contributed by atoms with van der Waals surface area (Å²) in [7, 11) is 1.37. The number of carboxylic acid groups (broad SMARTS) is 1. The third-order valence-corrected chi connectivity index (χ3v) is 4.20. The van der Waals surface area contributed by atoms with Crippen molar-refractivity contribution in [2.24, 2.45) is 0 Å². The Morgan fingerprint density at radius 3 is 2.63 bits per heavy atom. The number of aliphatic carboxylic acids is 1. The van der Waals surface area contributed by atoms with E-state index in [1.54, 1.807) is 13.0 Å². The van der Waals surface area contributed by atoms with Crippen molar-refractivity contribution in [1.82, 2.24) is 4.90 Å². The highest BCUT2D eigenvalue weighted by atomic mass is 32.2. The van der Waals surface area contributed by atoms with Crippen LogP contribution in [0.15, 0.2) is 23.1 Å². The van der Waals surface area contributed by atoms with Crippen LogP contribution in [0.4, 0.5) is 4.79 Å². The Bertz CT molecular complexity index is 804. The molecule has 10 heteroatoms. The smallest absolute Gasteiger partial charge is 0.326 e. The zero-order valence-corrected chi connectivity index (χ0v) is 15.4. The fourth-order valence-corrected chi connectivity index (χ4v) is 2.99. The third-order valence-electron chi connectivity index (χ3n) is 3.30. The Kier molecular flexibility index (Phi) is 6.83. The Morgan fingerprint density at radius 1 is 1.26 bits per heavy atom. The molecule has 1 heterocycles. The molecule has 0 aliphatic carbocycles. The minimum atomic E-state index is -1.38. The van der Waals surface area contributed by atoms with Crippen LogP contribution in [-0.2, 0) is 19.1 Å². The summed E-state index contributed by atoms with van der Waals surface area (Å²) in [5, 5.41) is 9.92. The quantitative estimate of drug-likeness (QED) is 0.456. The van der Waals surface area contributed by atoms with Gasteiger partial charge in [-0.25, -0.2) is 0 Å². The first-order valence-corrected chi connectivity index (χ1v) is 8.59. The third kappa shape index (κ3) is 5.23. The first-order valence-electron chi connectivity index (χ1n) is 7.77. The molecule has 0 radical (unpaired) electrons. The van der Waals surface area contributed by atoms with Gasteiger partial charge in [0, 0.05) is 0 Å². The number of amides is 2. The molecule has 2 rings (SSSR count). The molecule has 0 unspecified atom stereocenters. The number of benzene rings is 1. The van der Waals surface area contributed by atoms with Gasteiger partial charge in [-0.3, -0.25) is 19.3 Å². The highest BCUT2D eigenvalue weighted by molar-refractivity contribution is 8.18. The van der Waals surface area contributed by atoms with Crippen molar-refractivity contribution in [1.29, 1.82) is 0 Å². The summed E-state index contributed by atoms with van der Waals surface area (Å²) in [4.78, 5) is 47.2. The summed E-state index contributed by atoms with van der Waals surface area (Å²) in [5.41, 5.74) is 0.522. The molecule has 144 valence electrons. The van der Waals surface area contributed by atoms with Gasteiger partial charge in [0.25, 0.3) is 11.1 Å². The van der Waals surface area contributed by atoms with Gasteiger partial charge in [0.05, 0.1) is 24.6 Å². The number of thioether (sulfide) groups is 1. The molecule has 1 aliphatic heterocycles. The molecule has 0 bridgehead atoms. The SMILES string of the molecule is CCOC(=O)CN1C(=O)S/C(=C/c2ccc(OCC(=O)[O-])c(OC)c2)C1=O. The standard InChI is InChI=1S/C17H17NO8S/c1-3-25-15(21)8-18-16(22)13(27-17(18)23)7-10-4-5-11(12(6-10)24-2)26-9-14(19)20/h4-7H,3,8-9H2,1-2H3,(H,19,20)/p-1/b13-7+. The second kappa shape index (κ2) is 9.08. The van der Waals surface area contributed by atoms with E-state index in [-0.39, 0.29) is 23.0 Å². The number of carbonyl (C=O) groups excluding carboxylic acids is 4. The van der Waals surface area contributed by atoms with Crippen LogP contribution >= 0.6 is 11.8 Å². The highest BCUT2D eigenvalue weighted by Gasteiger charge is 2.36. The normalized spacial score (nSPS) is 15.2. The molecule has 1 saturated heterocycles. The molecule has 27 heavy (non-hydrogen) atoms. The molecule has 2 amide bonds. The Morgan fingerprint density at radius 2 is 2.00 bits per heavy atom. The molecular weight excluding hydrogens is 378 g/mol. The zero-order chi connectivity index (χ0) is 20.0. The van der Waals surface area contributed by atoms with E-state index >= 15 is 0 Å². The van der Waals surface area contributed by atoms with Crippen LogP contribution in [0.2, 0.25) is 0 Å². The van der Waals surface area contributed by atoms with E-state index in [0.717, 1.165) is 4.90 Å². The number of esters is 1. The molecule has 1 aliphatic rings. The fraction of sp³-hybridized carbons (Fsp3) is 0.294. The number of nitrogens with zero attached hydrogens (tertiary/aromatic N) is 1. The van der Waals surface area contributed by atoms with Gasteiger partial charge in [0.1, 0.15) is 13.2 Å². The topological polar surface area (TPSA) is 122 Å². The van der Waals surface area contributed by atoms with Crippen molar-refractivity contribution in [2.45, 2.75) is 6.92 Å². The molecule has 0 spiro atoms. The molecule has 0 saturated carbocycles. The van der Waals surface area contributed by atoms with Gasteiger partial charge in [-0.15, -0.1) is 0 Å². The number of hydrogen-bond donors (Lipinski definition) is 0. The lowest BCUT2D eigenvalue weighted by molar-refractivity contribution is -0.307. The number of ether oxygens (including phenoxy) is 3. The van der Waals surface area contributed by atoms with Gasteiger partial charge in [-0.1, -0.05) is 6.07 Å². The van der Waals surface area contributed by atoms with Gasteiger partial charge in [-0.2, -0.15) is 0 Å². The second-order valence-corrected chi connectivity index (χ2v) is 6.14. The van der Waals surface area contributed by atoms with Crippen molar-refractivity contribution in [3.63, 3.8) is 0 Å². The minimum absolute atomic E-state index is 0.134. The molecule has 0 N–H and O–H groups in total. The van der Waals surface area contributed by atoms with E-state index in [9.17, 15) is 24.3 Å². The van der Waals surface area contributed by atoms with Crippen molar-refractivity contribution in [3.8, 4) is 11.5 Å².